The molecule has 0 radical (unpaired) electrons. The van der Waals surface area contributed by atoms with E-state index in [1.54, 1.807) is 0 Å². The van der Waals surface area contributed by atoms with Crippen molar-refractivity contribution in [1.29, 1.82) is 0 Å². The van der Waals surface area contributed by atoms with Crippen molar-refractivity contribution in [2.75, 3.05) is 47.5 Å². The molecule has 2 unspecified atom stereocenters. The third kappa shape index (κ3) is 47.4. The molecule has 0 aromatic rings. The summed E-state index contributed by atoms with van der Waals surface area (Å²) in [7, 11) is 1.15. The van der Waals surface area contributed by atoms with Crippen molar-refractivity contribution >= 4 is 19.8 Å². The van der Waals surface area contributed by atoms with Gasteiger partial charge in [0, 0.05) is 12.8 Å². The van der Waals surface area contributed by atoms with Gasteiger partial charge in [-0.25, -0.2) is 0 Å². The number of phosphoric ester groups is 1. The van der Waals surface area contributed by atoms with Gasteiger partial charge < -0.3 is 27.9 Å². The second-order valence-electron chi connectivity index (χ2n) is 18.1. The molecule has 362 valence electrons. The summed E-state index contributed by atoms with van der Waals surface area (Å²) in [6.07, 6.45) is 52.9. The van der Waals surface area contributed by atoms with E-state index in [0.717, 1.165) is 70.6 Å². The molecule has 0 spiro atoms. The molecule has 0 fully saturated rings. The number of carbonyl (C=O) groups excluding carboxylic acids is 2. The van der Waals surface area contributed by atoms with Crippen LogP contribution in [0.4, 0.5) is 0 Å². The second kappa shape index (κ2) is 44.2. The number of esters is 2. The molecule has 9 nitrogen and oxygen atoms in total. The molecule has 10 heteroatoms. The highest BCUT2D eigenvalue weighted by molar-refractivity contribution is 7.45. The first-order chi connectivity index (χ1) is 30.0. The predicted octanol–water partition coefficient (Wildman–Crippen LogP) is 14.4. The summed E-state index contributed by atoms with van der Waals surface area (Å²) in [6, 6.07) is 0. The van der Waals surface area contributed by atoms with Crippen LogP contribution in [0.3, 0.4) is 0 Å². The van der Waals surface area contributed by atoms with Gasteiger partial charge in [-0.05, 0) is 70.6 Å². The van der Waals surface area contributed by atoms with E-state index in [4.69, 9.17) is 18.5 Å². The van der Waals surface area contributed by atoms with Crippen molar-refractivity contribution in [2.24, 2.45) is 0 Å². The minimum atomic E-state index is -4.63. The van der Waals surface area contributed by atoms with Gasteiger partial charge in [0.15, 0.2) is 6.10 Å². The first-order valence-electron chi connectivity index (χ1n) is 25.3. The van der Waals surface area contributed by atoms with E-state index >= 15 is 0 Å². The average molecular weight is 894 g/mol. The number of carbonyl (C=O) groups is 2. The standard InChI is InChI=1S/C52H96NO8P/c1-6-8-10-12-14-16-18-20-22-23-24-25-26-27-28-29-31-32-34-36-38-40-42-44-51(54)58-48-50(49-60-62(56,57)59-47-46-53(3,4)5)61-52(55)45-43-41-39-37-35-33-30-21-19-17-15-13-11-9-7-2/h9,11,15,17,21,23-24,30,50H,6-8,10,12-14,16,18-20,22,25-29,31-49H2,1-5H3/b11-9-,17-15-,24-23-,30-21-. The van der Waals surface area contributed by atoms with E-state index in [-0.39, 0.29) is 32.0 Å². The average Bonchev–Trinajstić information content (AvgIpc) is 3.23. The van der Waals surface area contributed by atoms with Crippen LogP contribution >= 0.6 is 7.82 Å². The van der Waals surface area contributed by atoms with E-state index in [0.29, 0.717) is 17.4 Å². The van der Waals surface area contributed by atoms with Crippen LogP contribution in [0.25, 0.3) is 0 Å². The summed E-state index contributed by atoms with van der Waals surface area (Å²) in [6.45, 7) is 4.11. The highest BCUT2D eigenvalue weighted by Gasteiger charge is 2.21. The van der Waals surface area contributed by atoms with Crippen LogP contribution in [0.5, 0.6) is 0 Å². The monoisotopic (exact) mass is 894 g/mol. The highest BCUT2D eigenvalue weighted by Crippen LogP contribution is 2.38. The predicted molar refractivity (Wildman–Crippen MR) is 259 cm³/mol. The van der Waals surface area contributed by atoms with Crippen molar-refractivity contribution in [3.05, 3.63) is 48.6 Å². The fraction of sp³-hybridized carbons (Fsp3) is 0.808. The van der Waals surface area contributed by atoms with E-state index < -0.39 is 26.5 Å². The van der Waals surface area contributed by atoms with Gasteiger partial charge in [-0.2, -0.15) is 0 Å². The zero-order valence-corrected chi connectivity index (χ0v) is 41.7. The second-order valence-corrected chi connectivity index (χ2v) is 19.6. The molecule has 0 aromatic carbocycles. The minimum Gasteiger partial charge on any atom is -0.756 e. The Bertz CT molecular complexity index is 1190. The quantitative estimate of drug-likeness (QED) is 0.0195. The molecule has 0 heterocycles. The fourth-order valence-electron chi connectivity index (χ4n) is 6.90. The molecule has 2 atom stereocenters. The lowest BCUT2D eigenvalue weighted by Crippen LogP contribution is -2.37. The summed E-state index contributed by atoms with van der Waals surface area (Å²) in [5, 5.41) is 0. The Labute approximate surface area is 382 Å². The Morgan fingerprint density at radius 3 is 1.39 bits per heavy atom. The first-order valence-corrected chi connectivity index (χ1v) is 26.8. The van der Waals surface area contributed by atoms with Gasteiger partial charge in [-0.3, -0.25) is 14.2 Å². The van der Waals surface area contributed by atoms with Crippen LogP contribution in [0.1, 0.15) is 219 Å². The molecule has 0 saturated carbocycles. The van der Waals surface area contributed by atoms with Crippen molar-refractivity contribution in [2.45, 2.75) is 225 Å². The zero-order valence-electron chi connectivity index (χ0n) is 40.8. The Morgan fingerprint density at radius 2 is 0.919 bits per heavy atom. The summed E-state index contributed by atoms with van der Waals surface area (Å²) < 4.78 is 34.0. The number of allylic oxidation sites excluding steroid dienone is 8. The number of hydrogen-bond donors (Lipinski definition) is 0. The number of likely N-dealkylation sites (N-methyl/N-ethyl adjacent to an activating group) is 1. The van der Waals surface area contributed by atoms with Gasteiger partial charge in [0.05, 0.1) is 27.7 Å². The molecular formula is C52H96NO8P. The lowest BCUT2D eigenvalue weighted by Gasteiger charge is -2.28. The summed E-state index contributed by atoms with van der Waals surface area (Å²) in [5.74, 6) is -0.851. The van der Waals surface area contributed by atoms with Gasteiger partial charge in [0.1, 0.15) is 19.8 Å². The number of rotatable bonds is 46. The lowest BCUT2D eigenvalue weighted by atomic mass is 10.0. The Balaban J connectivity index is 4.22. The van der Waals surface area contributed by atoms with Gasteiger partial charge in [0.2, 0.25) is 0 Å². The third-order valence-electron chi connectivity index (χ3n) is 10.8. The molecule has 0 saturated heterocycles. The van der Waals surface area contributed by atoms with Crippen LogP contribution in [0, 0.1) is 0 Å². The Kier molecular flexibility index (Phi) is 42.7. The minimum absolute atomic E-state index is 0.0354. The van der Waals surface area contributed by atoms with Crippen molar-refractivity contribution in [3.63, 3.8) is 0 Å². The number of hydrogen-bond acceptors (Lipinski definition) is 8. The van der Waals surface area contributed by atoms with E-state index in [1.165, 1.54) is 116 Å². The topological polar surface area (TPSA) is 111 Å². The molecule has 0 aromatic heterocycles. The molecule has 0 amide bonds. The molecule has 0 bridgehead atoms. The molecule has 0 aliphatic carbocycles. The Hall–Kier alpha value is -2.03. The number of unbranched alkanes of at least 4 members (excludes halogenated alkanes) is 24. The smallest absolute Gasteiger partial charge is 0.306 e. The largest absolute Gasteiger partial charge is 0.756 e. The number of ether oxygens (including phenoxy) is 2. The van der Waals surface area contributed by atoms with Crippen molar-refractivity contribution in [3.8, 4) is 0 Å². The van der Waals surface area contributed by atoms with Crippen LogP contribution in [0.2, 0.25) is 0 Å². The normalized spacial score (nSPS) is 13.8. The first kappa shape index (κ1) is 60.0. The van der Waals surface area contributed by atoms with E-state index in [9.17, 15) is 19.0 Å². The van der Waals surface area contributed by atoms with Crippen molar-refractivity contribution < 1.29 is 42.1 Å². The lowest BCUT2D eigenvalue weighted by molar-refractivity contribution is -0.870. The van der Waals surface area contributed by atoms with E-state index in [2.05, 4.69) is 62.5 Å². The van der Waals surface area contributed by atoms with Gasteiger partial charge in [-0.1, -0.05) is 184 Å². The van der Waals surface area contributed by atoms with Crippen LogP contribution in [0.15, 0.2) is 48.6 Å². The van der Waals surface area contributed by atoms with E-state index in [1.807, 2.05) is 21.1 Å². The van der Waals surface area contributed by atoms with Crippen LogP contribution in [-0.4, -0.2) is 70.0 Å². The molecule has 0 aliphatic heterocycles. The molecular weight excluding hydrogens is 798 g/mol. The van der Waals surface area contributed by atoms with Gasteiger partial charge >= 0.3 is 11.9 Å². The van der Waals surface area contributed by atoms with Gasteiger partial charge in [0.25, 0.3) is 7.82 Å². The summed E-state index contributed by atoms with van der Waals surface area (Å²) in [5.41, 5.74) is 0. The van der Waals surface area contributed by atoms with Crippen LogP contribution < -0.4 is 4.89 Å². The van der Waals surface area contributed by atoms with Crippen molar-refractivity contribution in [1.82, 2.24) is 0 Å². The maximum atomic E-state index is 12.7. The summed E-state index contributed by atoms with van der Waals surface area (Å²) in [4.78, 5) is 37.7. The molecule has 62 heavy (non-hydrogen) atoms. The SMILES string of the molecule is CC/C=C\C/C=C\C/C=C\CCCCCCCC(=O)OC(COC(=O)CCCCCCCCCCCCC/C=C\CCCCCCCCCC)COP(=O)([O-])OCC[N+](C)(C)C. The summed E-state index contributed by atoms with van der Waals surface area (Å²) >= 11 is 0. The maximum absolute atomic E-state index is 12.7. The highest BCUT2D eigenvalue weighted by atomic mass is 31.2. The number of phosphoric acid groups is 1. The van der Waals surface area contributed by atoms with Crippen LogP contribution in [-0.2, 0) is 32.7 Å². The molecule has 0 N–H and O–H groups in total. The number of quaternary nitrogens is 1. The third-order valence-corrected chi connectivity index (χ3v) is 11.8. The maximum Gasteiger partial charge on any atom is 0.306 e. The fourth-order valence-corrected chi connectivity index (χ4v) is 7.63. The molecule has 0 aliphatic rings. The zero-order chi connectivity index (χ0) is 45.7. The number of nitrogens with zero attached hydrogens (tertiary/aromatic N) is 1. The van der Waals surface area contributed by atoms with Gasteiger partial charge in [-0.15, -0.1) is 0 Å². The Morgan fingerprint density at radius 1 is 0.516 bits per heavy atom. The molecule has 0 rings (SSSR count).